The van der Waals surface area contributed by atoms with Crippen LogP contribution in [0.4, 0.5) is 13.2 Å². The fourth-order valence-electron chi connectivity index (χ4n) is 5.16. The molecule has 1 amide bonds. The number of hydrogen-bond donors (Lipinski definition) is 0. The molecule has 0 atom stereocenters. The van der Waals surface area contributed by atoms with Crippen molar-refractivity contribution < 1.29 is 22.7 Å². The molecule has 3 aromatic rings. The van der Waals surface area contributed by atoms with E-state index in [2.05, 4.69) is 9.84 Å². The van der Waals surface area contributed by atoms with Crippen molar-refractivity contribution in [2.75, 3.05) is 6.54 Å². The van der Waals surface area contributed by atoms with E-state index in [1.807, 2.05) is 23.1 Å². The standard InChI is InChI=1S/C24H24F3N3O2/c1-29-20-15-17(22(31)30-14-13-23(30)11-3-2-4-12-23)7-10-19(20)21(28-29)16-5-8-18(9-6-16)32-24(25,26)27/h5-10,15H,2-4,11-14H2,1H3. The van der Waals surface area contributed by atoms with Crippen molar-refractivity contribution >= 4 is 16.8 Å². The normalized spacial score (nSPS) is 18.1. The number of fused-ring (bicyclic) bond motifs is 1. The van der Waals surface area contributed by atoms with E-state index in [1.165, 1.54) is 31.4 Å². The first-order chi connectivity index (χ1) is 15.3. The predicted octanol–water partition coefficient (Wildman–Crippen LogP) is 5.69. The van der Waals surface area contributed by atoms with Crippen LogP contribution in [0, 0.1) is 0 Å². The van der Waals surface area contributed by atoms with Gasteiger partial charge in [0.25, 0.3) is 5.91 Å². The maximum absolute atomic E-state index is 13.3. The molecule has 2 heterocycles. The van der Waals surface area contributed by atoms with Gasteiger partial charge in [-0.3, -0.25) is 9.48 Å². The number of benzene rings is 2. The number of ether oxygens (including phenoxy) is 1. The van der Waals surface area contributed by atoms with E-state index in [0.29, 0.717) is 16.8 Å². The molecule has 1 aliphatic heterocycles. The number of carbonyl (C=O) groups excluding carboxylic acids is 1. The topological polar surface area (TPSA) is 47.4 Å². The van der Waals surface area contributed by atoms with Gasteiger partial charge in [-0.1, -0.05) is 19.3 Å². The summed E-state index contributed by atoms with van der Waals surface area (Å²) in [6, 6.07) is 11.2. The highest BCUT2D eigenvalue weighted by atomic mass is 19.4. The van der Waals surface area contributed by atoms with Crippen LogP contribution in [-0.4, -0.2) is 39.0 Å². The molecule has 1 spiro atoms. The Labute approximate surface area is 183 Å². The van der Waals surface area contributed by atoms with Crippen LogP contribution >= 0.6 is 0 Å². The first-order valence-corrected chi connectivity index (χ1v) is 10.9. The molecule has 2 aliphatic rings. The van der Waals surface area contributed by atoms with Crippen molar-refractivity contribution in [3.8, 4) is 17.0 Å². The third kappa shape index (κ3) is 3.61. The summed E-state index contributed by atoms with van der Waals surface area (Å²) in [5, 5.41) is 5.39. The van der Waals surface area contributed by atoms with Gasteiger partial charge in [-0.05, 0) is 61.7 Å². The van der Waals surface area contributed by atoms with Crippen LogP contribution in [0.15, 0.2) is 42.5 Å². The number of aromatic nitrogens is 2. The summed E-state index contributed by atoms with van der Waals surface area (Å²) in [7, 11) is 1.80. The molecule has 8 heteroatoms. The van der Waals surface area contributed by atoms with Crippen LogP contribution < -0.4 is 4.74 Å². The summed E-state index contributed by atoms with van der Waals surface area (Å²) in [6.45, 7) is 0.805. The first-order valence-electron chi connectivity index (χ1n) is 10.9. The molecular weight excluding hydrogens is 419 g/mol. The molecule has 1 saturated carbocycles. The highest BCUT2D eigenvalue weighted by molar-refractivity contribution is 6.01. The number of amides is 1. The van der Waals surface area contributed by atoms with Gasteiger partial charge in [-0.2, -0.15) is 5.10 Å². The van der Waals surface area contributed by atoms with Gasteiger partial charge in [-0.15, -0.1) is 13.2 Å². The minimum Gasteiger partial charge on any atom is -0.406 e. The number of alkyl halides is 3. The number of carbonyl (C=O) groups is 1. The number of halogens is 3. The van der Waals surface area contributed by atoms with Crippen LogP contribution in [0.25, 0.3) is 22.2 Å². The van der Waals surface area contributed by atoms with E-state index in [1.54, 1.807) is 23.9 Å². The van der Waals surface area contributed by atoms with Crippen LogP contribution in [0.5, 0.6) is 5.75 Å². The Morgan fingerprint density at radius 2 is 1.75 bits per heavy atom. The molecule has 1 aliphatic carbocycles. The summed E-state index contributed by atoms with van der Waals surface area (Å²) >= 11 is 0. The lowest BCUT2D eigenvalue weighted by Gasteiger charge is -2.55. The summed E-state index contributed by atoms with van der Waals surface area (Å²) in [5.74, 6) is -0.211. The maximum Gasteiger partial charge on any atom is 0.573 e. The van der Waals surface area contributed by atoms with Crippen molar-refractivity contribution in [3.63, 3.8) is 0 Å². The Morgan fingerprint density at radius 1 is 1.03 bits per heavy atom. The van der Waals surface area contributed by atoms with Crippen molar-refractivity contribution in [2.24, 2.45) is 7.05 Å². The van der Waals surface area contributed by atoms with Gasteiger partial charge in [0.05, 0.1) is 5.52 Å². The number of rotatable bonds is 3. The van der Waals surface area contributed by atoms with Gasteiger partial charge >= 0.3 is 6.36 Å². The number of likely N-dealkylation sites (tertiary alicyclic amines) is 1. The summed E-state index contributed by atoms with van der Waals surface area (Å²) in [6.07, 6.45) is 2.15. The Balaban J connectivity index is 1.43. The van der Waals surface area contributed by atoms with E-state index in [-0.39, 0.29) is 17.2 Å². The average Bonchev–Trinajstić information content (AvgIpc) is 3.09. The molecule has 0 radical (unpaired) electrons. The molecule has 168 valence electrons. The van der Waals surface area contributed by atoms with Crippen molar-refractivity contribution in [1.82, 2.24) is 14.7 Å². The second-order valence-corrected chi connectivity index (χ2v) is 8.77. The number of aryl methyl sites for hydroxylation is 1. The van der Waals surface area contributed by atoms with Crippen LogP contribution in [0.2, 0.25) is 0 Å². The Bertz CT molecular complexity index is 1160. The molecule has 32 heavy (non-hydrogen) atoms. The lowest BCUT2D eigenvalue weighted by molar-refractivity contribution is -0.274. The van der Waals surface area contributed by atoms with Gasteiger partial charge in [0, 0.05) is 35.6 Å². The van der Waals surface area contributed by atoms with Gasteiger partial charge in [0.15, 0.2) is 0 Å². The quantitative estimate of drug-likeness (QED) is 0.523. The molecule has 1 aromatic heterocycles. The molecule has 5 rings (SSSR count). The second-order valence-electron chi connectivity index (χ2n) is 8.77. The average molecular weight is 443 g/mol. The fourth-order valence-corrected chi connectivity index (χ4v) is 5.16. The Kier molecular flexibility index (Phi) is 4.91. The zero-order chi connectivity index (χ0) is 22.5. The van der Waals surface area contributed by atoms with Gasteiger partial charge < -0.3 is 9.64 Å². The Hall–Kier alpha value is -3.03. The minimum atomic E-state index is -4.73. The third-order valence-corrected chi connectivity index (χ3v) is 6.86. The largest absolute Gasteiger partial charge is 0.573 e. The lowest BCUT2D eigenvalue weighted by atomic mass is 9.72. The molecule has 1 saturated heterocycles. The van der Waals surface area contributed by atoms with Gasteiger partial charge in [-0.25, -0.2) is 0 Å². The second kappa shape index (κ2) is 7.53. The molecule has 2 fully saturated rings. The molecule has 5 nitrogen and oxygen atoms in total. The summed E-state index contributed by atoms with van der Waals surface area (Å²) in [5.41, 5.74) is 2.81. The molecule has 0 unspecified atom stereocenters. The van der Waals surface area contributed by atoms with E-state index >= 15 is 0 Å². The van der Waals surface area contributed by atoms with Crippen LogP contribution in [0.1, 0.15) is 48.9 Å². The number of nitrogens with zero attached hydrogens (tertiary/aromatic N) is 3. The minimum absolute atomic E-state index is 0.0438. The summed E-state index contributed by atoms with van der Waals surface area (Å²) < 4.78 is 42.9. The fraction of sp³-hybridized carbons (Fsp3) is 0.417. The molecule has 0 bridgehead atoms. The Morgan fingerprint density at radius 3 is 2.38 bits per heavy atom. The molecule has 2 aromatic carbocycles. The van der Waals surface area contributed by atoms with Gasteiger partial charge in [0.1, 0.15) is 11.4 Å². The van der Waals surface area contributed by atoms with E-state index in [9.17, 15) is 18.0 Å². The molecule has 0 N–H and O–H groups in total. The maximum atomic E-state index is 13.3. The monoisotopic (exact) mass is 443 g/mol. The van der Waals surface area contributed by atoms with E-state index in [4.69, 9.17) is 0 Å². The zero-order valence-electron chi connectivity index (χ0n) is 17.8. The zero-order valence-corrected chi connectivity index (χ0v) is 17.8. The predicted molar refractivity (Wildman–Crippen MR) is 114 cm³/mol. The lowest BCUT2D eigenvalue weighted by Crippen LogP contribution is -2.62. The van der Waals surface area contributed by atoms with Gasteiger partial charge in [0.2, 0.25) is 0 Å². The third-order valence-electron chi connectivity index (χ3n) is 6.86. The van der Waals surface area contributed by atoms with E-state index < -0.39 is 6.36 Å². The van der Waals surface area contributed by atoms with Crippen molar-refractivity contribution in [1.29, 1.82) is 0 Å². The SMILES string of the molecule is Cn1nc(-c2ccc(OC(F)(F)F)cc2)c2ccc(C(=O)N3CCC34CCCCC4)cc21. The number of hydrogen-bond acceptors (Lipinski definition) is 3. The van der Waals surface area contributed by atoms with Crippen LogP contribution in [-0.2, 0) is 7.05 Å². The first kappa shape index (κ1) is 20.8. The summed E-state index contributed by atoms with van der Waals surface area (Å²) in [4.78, 5) is 15.3. The van der Waals surface area contributed by atoms with E-state index in [0.717, 1.165) is 36.7 Å². The molecular formula is C24H24F3N3O2. The highest BCUT2D eigenvalue weighted by Gasteiger charge is 2.47. The van der Waals surface area contributed by atoms with Crippen LogP contribution in [0.3, 0.4) is 0 Å². The van der Waals surface area contributed by atoms with Crippen molar-refractivity contribution in [2.45, 2.75) is 50.4 Å². The highest BCUT2D eigenvalue weighted by Crippen LogP contribution is 2.44. The van der Waals surface area contributed by atoms with Crippen molar-refractivity contribution in [3.05, 3.63) is 48.0 Å². The smallest absolute Gasteiger partial charge is 0.406 e.